The molecule has 0 spiro atoms. The molecule has 0 bridgehead atoms. The van der Waals surface area contributed by atoms with Gasteiger partial charge in [0, 0.05) is 23.4 Å². The van der Waals surface area contributed by atoms with Crippen LogP contribution in [0.2, 0.25) is 0 Å². The van der Waals surface area contributed by atoms with E-state index >= 15 is 0 Å². The zero-order valence-corrected chi connectivity index (χ0v) is 13.1. The Morgan fingerprint density at radius 1 is 0.957 bits per heavy atom. The van der Waals surface area contributed by atoms with Crippen LogP contribution in [0.15, 0.2) is 60.8 Å². The zero-order chi connectivity index (χ0) is 15.9. The second kappa shape index (κ2) is 7.25. The summed E-state index contributed by atoms with van der Waals surface area (Å²) >= 11 is 0. The summed E-state index contributed by atoms with van der Waals surface area (Å²) in [4.78, 5) is 4.59. The summed E-state index contributed by atoms with van der Waals surface area (Å²) in [5.74, 6) is 12.4. The number of benzene rings is 1. The van der Waals surface area contributed by atoms with Gasteiger partial charge in [0.25, 0.3) is 5.69 Å². The Kier molecular flexibility index (Phi) is 4.67. The van der Waals surface area contributed by atoms with Crippen molar-refractivity contribution in [2.75, 3.05) is 0 Å². The van der Waals surface area contributed by atoms with E-state index in [9.17, 15) is 0 Å². The van der Waals surface area contributed by atoms with E-state index in [1.165, 1.54) is 0 Å². The van der Waals surface area contributed by atoms with Crippen molar-refractivity contribution >= 4 is 10.9 Å². The van der Waals surface area contributed by atoms with Crippen molar-refractivity contribution in [3.05, 3.63) is 72.2 Å². The number of fused-ring (bicyclic) bond motifs is 1. The molecule has 2 nitrogen and oxygen atoms in total. The number of aromatic nitrogens is 2. The Morgan fingerprint density at radius 2 is 1.83 bits per heavy atom. The van der Waals surface area contributed by atoms with E-state index in [0.29, 0.717) is 0 Å². The third kappa shape index (κ3) is 3.76. The fraction of sp³-hybridized carbons (Fsp3) is 0.143. The minimum absolute atomic E-state index is 0.785. The van der Waals surface area contributed by atoms with E-state index in [4.69, 9.17) is 0 Å². The Bertz CT molecular complexity index is 950. The van der Waals surface area contributed by atoms with Crippen LogP contribution in [0.25, 0.3) is 10.9 Å². The van der Waals surface area contributed by atoms with Crippen LogP contribution in [0.4, 0.5) is 0 Å². The predicted molar refractivity (Wildman–Crippen MR) is 92.4 cm³/mol. The molecule has 0 aliphatic rings. The van der Waals surface area contributed by atoms with Crippen molar-refractivity contribution in [2.24, 2.45) is 0 Å². The summed E-state index contributed by atoms with van der Waals surface area (Å²) in [6, 6.07) is 18.1. The molecular weight excluding hydrogens is 280 g/mol. The topological polar surface area (TPSA) is 16.8 Å². The first-order valence-electron chi connectivity index (χ1n) is 7.63. The highest BCUT2D eigenvalue weighted by Crippen LogP contribution is 2.11. The quantitative estimate of drug-likeness (QED) is 0.524. The number of aryl methyl sites for hydroxylation is 1. The van der Waals surface area contributed by atoms with Crippen LogP contribution >= 0.6 is 0 Å². The van der Waals surface area contributed by atoms with Gasteiger partial charge in [-0.25, -0.2) is 4.98 Å². The molecule has 0 atom stereocenters. The lowest BCUT2D eigenvalue weighted by Crippen LogP contribution is -2.36. The normalized spacial score (nSPS) is 9.61. The number of rotatable bonds is 2. The lowest BCUT2D eigenvalue weighted by Gasteiger charge is -1.97. The van der Waals surface area contributed by atoms with Gasteiger partial charge in [-0.15, -0.1) is 5.92 Å². The summed E-state index contributed by atoms with van der Waals surface area (Å²) in [5, 5.41) is 1.13. The monoisotopic (exact) mass is 297 g/mol. The maximum atomic E-state index is 4.59. The SMILES string of the molecule is CC#CCC[n+]1ccccc1C#Cc1ccc2ccccc2n1. The second-order valence-corrected chi connectivity index (χ2v) is 5.10. The zero-order valence-electron chi connectivity index (χ0n) is 13.1. The number of hydrogen-bond acceptors (Lipinski definition) is 1. The van der Waals surface area contributed by atoms with Crippen molar-refractivity contribution in [1.82, 2.24) is 4.98 Å². The van der Waals surface area contributed by atoms with Gasteiger partial charge in [0.15, 0.2) is 12.7 Å². The number of hydrogen-bond donors (Lipinski definition) is 0. The van der Waals surface area contributed by atoms with Gasteiger partial charge in [-0.1, -0.05) is 30.2 Å². The first-order chi connectivity index (χ1) is 11.4. The van der Waals surface area contributed by atoms with E-state index in [0.717, 1.165) is 35.3 Å². The molecule has 3 rings (SSSR count). The molecule has 0 radical (unpaired) electrons. The molecule has 23 heavy (non-hydrogen) atoms. The fourth-order valence-electron chi connectivity index (χ4n) is 2.35. The largest absolute Gasteiger partial charge is 0.257 e. The average Bonchev–Trinajstić information content (AvgIpc) is 2.61. The number of nitrogens with zero attached hydrogens (tertiary/aromatic N) is 2. The molecule has 0 amide bonds. The van der Waals surface area contributed by atoms with Crippen molar-refractivity contribution in [3.63, 3.8) is 0 Å². The third-order valence-electron chi connectivity index (χ3n) is 3.51. The Morgan fingerprint density at radius 3 is 2.74 bits per heavy atom. The Labute approximate surface area is 136 Å². The molecule has 0 saturated heterocycles. The van der Waals surface area contributed by atoms with E-state index in [1.54, 1.807) is 0 Å². The van der Waals surface area contributed by atoms with Gasteiger partial charge >= 0.3 is 0 Å². The number of para-hydroxylation sites is 1. The van der Waals surface area contributed by atoms with Gasteiger partial charge in [-0.2, -0.15) is 4.57 Å². The molecule has 110 valence electrons. The van der Waals surface area contributed by atoms with E-state index in [1.807, 2.05) is 55.6 Å². The van der Waals surface area contributed by atoms with Crippen molar-refractivity contribution in [2.45, 2.75) is 19.9 Å². The minimum Gasteiger partial charge on any atom is -0.239 e. The van der Waals surface area contributed by atoms with Crippen molar-refractivity contribution in [1.29, 1.82) is 0 Å². The van der Waals surface area contributed by atoms with Gasteiger partial charge in [0.2, 0.25) is 0 Å². The molecule has 0 N–H and O–H groups in total. The Balaban J connectivity index is 1.89. The smallest absolute Gasteiger partial charge is 0.239 e. The van der Waals surface area contributed by atoms with Crippen molar-refractivity contribution < 1.29 is 4.57 Å². The van der Waals surface area contributed by atoms with E-state index in [-0.39, 0.29) is 0 Å². The molecule has 0 fully saturated rings. The van der Waals surface area contributed by atoms with E-state index < -0.39 is 0 Å². The highest BCUT2D eigenvalue weighted by molar-refractivity contribution is 5.78. The maximum absolute atomic E-state index is 4.59. The highest BCUT2D eigenvalue weighted by atomic mass is 14.9. The lowest BCUT2D eigenvalue weighted by molar-refractivity contribution is -0.698. The summed E-state index contributed by atoms with van der Waals surface area (Å²) in [6.45, 7) is 2.71. The van der Waals surface area contributed by atoms with Gasteiger partial charge in [-0.05, 0) is 31.0 Å². The van der Waals surface area contributed by atoms with Crippen LogP contribution in [0.1, 0.15) is 24.7 Å². The summed E-state index contributed by atoms with van der Waals surface area (Å²) in [5.41, 5.74) is 2.73. The molecule has 3 aromatic rings. The van der Waals surface area contributed by atoms with Crippen LogP contribution < -0.4 is 4.57 Å². The van der Waals surface area contributed by atoms with Crippen LogP contribution in [0.3, 0.4) is 0 Å². The average molecular weight is 297 g/mol. The van der Waals surface area contributed by atoms with Crippen LogP contribution in [-0.4, -0.2) is 4.98 Å². The first-order valence-corrected chi connectivity index (χ1v) is 7.63. The maximum Gasteiger partial charge on any atom is 0.257 e. The number of pyridine rings is 2. The van der Waals surface area contributed by atoms with Crippen molar-refractivity contribution in [3.8, 4) is 23.7 Å². The van der Waals surface area contributed by atoms with Crippen LogP contribution in [0.5, 0.6) is 0 Å². The van der Waals surface area contributed by atoms with E-state index in [2.05, 4.69) is 45.4 Å². The fourth-order valence-corrected chi connectivity index (χ4v) is 2.35. The lowest BCUT2D eigenvalue weighted by atomic mass is 10.2. The third-order valence-corrected chi connectivity index (χ3v) is 3.51. The predicted octanol–water partition coefficient (Wildman–Crippen LogP) is 3.34. The summed E-state index contributed by atoms with van der Waals surface area (Å²) < 4.78 is 2.12. The molecule has 0 aliphatic heterocycles. The standard InChI is InChI=1S/C21H17N2/c1-2-3-7-16-23-17-8-6-10-20(23)15-14-19-13-12-18-9-4-5-11-21(18)22-19/h4-6,8-13,17H,7,16H2,1H3/q+1. The van der Waals surface area contributed by atoms with Gasteiger partial charge in [0.1, 0.15) is 5.69 Å². The highest BCUT2D eigenvalue weighted by Gasteiger charge is 2.05. The molecule has 0 saturated carbocycles. The van der Waals surface area contributed by atoms with Gasteiger partial charge in [0.05, 0.1) is 11.9 Å². The van der Waals surface area contributed by atoms with Crippen LogP contribution in [-0.2, 0) is 6.54 Å². The molecule has 0 unspecified atom stereocenters. The summed E-state index contributed by atoms with van der Waals surface area (Å²) in [7, 11) is 0. The van der Waals surface area contributed by atoms with Gasteiger partial charge < -0.3 is 0 Å². The second-order valence-electron chi connectivity index (χ2n) is 5.10. The molecule has 2 aromatic heterocycles. The molecule has 0 aliphatic carbocycles. The molecule has 2 heteroatoms. The molecule has 2 heterocycles. The van der Waals surface area contributed by atoms with Crippen LogP contribution in [0, 0.1) is 23.7 Å². The summed E-state index contributed by atoms with van der Waals surface area (Å²) in [6.07, 6.45) is 2.86. The molecule has 1 aromatic carbocycles. The first kappa shape index (κ1) is 14.8. The molecular formula is C21H17N2+. The Hall–Kier alpha value is -3.10. The minimum atomic E-state index is 0.785. The van der Waals surface area contributed by atoms with Gasteiger partial charge in [-0.3, -0.25) is 0 Å².